The minimum atomic E-state index is 0.275. The lowest BCUT2D eigenvalue weighted by molar-refractivity contribution is 0.146. The van der Waals surface area contributed by atoms with Gasteiger partial charge in [-0.3, -0.25) is 0 Å². The molecule has 10 heteroatoms. The summed E-state index contributed by atoms with van der Waals surface area (Å²) in [6.07, 6.45) is 1.59. The Hall–Kier alpha value is -4.57. The van der Waals surface area contributed by atoms with E-state index in [1.807, 2.05) is 30.3 Å². The van der Waals surface area contributed by atoms with Gasteiger partial charge in [-0.2, -0.15) is 4.52 Å². The van der Waals surface area contributed by atoms with Gasteiger partial charge in [0.2, 0.25) is 11.8 Å². The number of piperazine rings is 1. The number of aromatic nitrogens is 4. The van der Waals surface area contributed by atoms with Gasteiger partial charge in [0.15, 0.2) is 11.4 Å². The molecule has 1 aliphatic heterocycles. The summed E-state index contributed by atoms with van der Waals surface area (Å²) in [5, 5.41) is 4.43. The lowest BCUT2D eigenvalue weighted by Gasteiger charge is -2.37. The lowest BCUT2D eigenvalue weighted by Crippen LogP contribution is -2.46. The third-order valence-electron chi connectivity index (χ3n) is 6.64. The van der Waals surface area contributed by atoms with E-state index < -0.39 is 0 Å². The third kappa shape index (κ3) is 4.85. The Balaban J connectivity index is 1.15. The Bertz CT molecular complexity index is 1510. The number of nitrogens with zero attached hydrogens (tertiary/aromatic N) is 6. The van der Waals surface area contributed by atoms with Crippen molar-refractivity contribution in [2.45, 2.75) is 0 Å². The number of methoxy groups -OCH3 is 1. The molecule has 0 radical (unpaired) electrons. The van der Waals surface area contributed by atoms with E-state index in [0.717, 1.165) is 48.9 Å². The highest BCUT2D eigenvalue weighted by atomic mass is 16.5. The van der Waals surface area contributed by atoms with Crippen molar-refractivity contribution in [2.24, 2.45) is 0 Å². The predicted molar refractivity (Wildman–Crippen MR) is 147 cm³/mol. The van der Waals surface area contributed by atoms with Crippen molar-refractivity contribution in [3.05, 3.63) is 73.0 Å². The average molecular weight is 512 g/mol. The molecule has 0 aliphatic carbocycles. The molecule has 0 bridgehead atoms. The molecule has 0 atom stereocenters. The standard InChI is InChI=1S/C28H29N7O3/c1-36-16-17-37-23-9-7-21(8-10-23)33-11-13-34(14-12-33)22-5-2-4-20(18-22)24-19-26-31-27(25-6-3-15-38-25)32-35(26)28(29)30-24/h2-10,15,18-19H,11-14,16-17H2,1H3,(H2,29,30). The molecular weight excluding hydrogens is 482 g/mol. The summed E-state index contributed by atoms with van der Waals surface area (Å²) < 4.78 is 17.7. The van der Waals surface area contributed by atoms with Crippen LogP contribution < -0.4 is 20.3 Å². The summed E-state index contributed by atoms with van der Waals surface area (Å²) in [4.78, 5) is 14.0. The van der Waals surface area contributed by atoms with E-state index in [4.69, 9.17) is 19.6 Å². The predicted octanol–water partition coefficient (Wildman–Crippen LogP) is 3.99. The number of nitrogen functional groups attached to an aromatic ring is 1. The van der Waals surface area contributed by atoms with E-state index in [1.165, 1.54) is 10.2 Å². The fourth-order valence-electron chi connectivity index (χ4n) is 4.65. The third-order valence-corrected chi connectivity index (χ3v) is 6.64. The zero-order chi connectivity index (χ0) is 25.9. The first-order valence-corrected chi connectivity index (χ1v) is 12.6. The van der Waals surface area contributed by atoms with Crippen LogP contribution in [-0.2, 0) is 4.74 Å². The van der Waals surface area contributed by atoms with Gasteiger partial charge in [-0.15, -0.1) is 5.10 Å². The Kier molecular flexibility index (Phi) is 6.53. The van der Waals surface area contributed by atoms with Gasteiger partial charge in [-0.05, 0) is 48.5 Å². The maximum absolute atomic E-state index is 6.24. The number of fused-ring (bicyclic) bond motifs is 1. The van der Waals surface area contributed by atoms with E-state index in [0.29, 0.717) is 30.4 Å². The van der Waals surface area contributed by atoms with Crippen LogP contribution in [0.4, 0.5) is 17.3 Å². The van der Waals surface area contributed by atoms with E-state index in [-0.39, 0.29) is 5.95 Å². The molecule has 2 N–H and O–H groups in total. The van der Waals surface area contributed by atoms with Crippen LogP contribution in [0.2, 0.25) is 0 Å². The summed E-state index contributed by atoms with van der Waals surface area (Å²) in [5.74, 6) is 2.19. The Morgan fingerprint density at radius 1 is 0.868 bits per heavy atom. The van der Waals surface area contributed by atoms with E-state index >= 15 is 0 Å². The van der Waals surface area contributed by atoms with Gasteiger partial charge in [-0.1, -0.05) is 12.1 Å². The highest BCUT2D eigenvalue weighted by Gasteiger charge is 2.19. The average Bonchev–Trinajstić information content (AvgIpc) is 3.65. The number of furan rings is 1. The first kappa shape index (κ1) is 23.8. The Labute approximate surface area is 220 Å². The second kappa shape index (κ2) is 10.4. The van der Waals surface area contributed by atoms with Gasteiger partial charge in [-0.25, -0.2) is 9.97 Å². The molecule has 2 aromatic carbocycles. The maximum Gasteiger partial charge on any atom is 0.223 e. The molecule has 5 aromatic rings. The quantitative estimate of drug-likeness (QED) is 0.310. The minimum absolute atomic E-state index is 0.275. The normalized spacial score (nSPS) is 13.8. The number of hydrogen-bond donors (Lipinski definition) is 1. The molecule has 1 saturated heterocycles. The summed E-state index contributed by atoms with van der Waals surface area (Å²) in [5.41, 5.74) is 10.9. The molecule has 0 saturated carbocycles. The minimum Gasteiger partial charge on any atom is -0.491 e. The molecule has 0 unspecified atom stereocenters. The first-order valence-electron chi connectivity index (χ1n) is 12.6. The fourth-order valence-corrected chi connectivity index (χ4v) is 4.65. The number of hydrogen-bond acceptors (Lipinski definition) is 9. The van der Waals surface area contributed by atoms with Gasteiger partial charge in [0.1, 0.15) is 12.4 Å². The molecule has 38 heavy (non-hydrogen) atoms. The van der Waals surface area contributed by atoms with Crippen molar-refractivity contribution in [3.8, 4) is 28.6 Å². The van der Waals surface area contributed by atoms with Gasteiger partial charge in [0, 0.05) is 56.3 Å². The van der Waals surface area contributed by atoms with Crippen LogP contribution in [0.5, 0.6) is 5.75 Å². The first-order chi connectivity index (χ1) is 18.7. The number of ether oxygens (including phenoxy) is 2. The van der Waals surface area contributed by atoms with Gasteiger partial charge < -0.3 is 29.4 Å². The van der Waals surface area contributed by atoms with Crippen LogP contribution in [0.15, 0.2) is 77.4 Å². The number of nitrogens with two attached hydrogens (primary N) is 1. The zero-order valence-electron chi connectivity index (χ0n) is 21.2. The Morgan fingerprint density at radius 2 is 1.66 bits per heavy atom. The summed E-state index contributed by atoms with van der Waals surface area (Å²) in [6.45, 7) is 4.83. The maximum atomic E-state index is 6.24. The SMILES string of the molecule is COCCOc1ccc(N2CCN(c3cccc(-c4cc5nc(-c6ccco6)nn5c(N)n4)c3)CC2)cc1. The van der Waals surface area contributed by atoms with Gasteiger partial charge in [0.05, 0.1) is 18.6 Å². The van der Waals surface area contributed by atoms with E-state index in [1.54, 1.807) is 19.4 Å². The molecule has 1 fully saturated rings. The number of benzene rings is 2. The molecule has 0 spiro atoms. The molecule has 10 nitrogen and oxygen atoms in total. The largest absolute Gasteiger partial charge is 0.491 e. The topological polar surface area (TPSA) is 107 Å². The second-order valence-electron chi connectivity index (χ2n) is 9.04. The molecule has 3 aromatic heterocycles. The van der Waals surface area contributed by atoms with Crippen LogP contribution in [0.25, 0.3) is 28.5 Å². The molecule has 0 amide bonds. The van der Waals surface area contributed by atoms with Crippen molar-refractivity contribution >= 4 is 23.0 Å². The van der Waals surface area contributed by atoms with Crippen molar-refractivity contribution in [1.29, 1.82) is 0 Å². The summed E-state index contributed by atoms with van der Waals surface area (Å²) >= 11 is 0. The van der Waals surface area contributed by atoms with Crippen molar-refractivity contribution in [1.82, 2.24) is 19.6 Å². The summed E-state index contributed by atoms with van der Waals surface area (Å²) in [7, 11) is 1.67. The van der Waals surface area contributed by atoms with Crippen LogP contribution in [0.3, 0.4) is 0 Å². The van der Waals surface area contributed by atoms with Crippen molar-refractivity contribution < 1.29 is 13.9 Å². The van der Waals surface area contributed by atoms with Crippen LogP contribution >= 0.6 is 0 Å². The van der Waals surface area contributed by atoms with E-state index in [9.17, 15) is 0 Å². The number of rotatable bonds is 8. The highest BCUT2D eigenvalue weighted by molar-refractivity contribution is 5.70. The highest BCUT2D eigenvalue weighted by Crippen LogP contribution is 2.28. The fraction of sp³-hybridized carbons (Fsp3) is 0.250. The van der Waals surface area contributed by atoms with Crippen LogP contribution in [0.1, 0.15) is 0 Å². The smallest absolute Gasteiger partial charge is 0.223 e. The number of anilines is 3. The molecule has 6 rings (SSSR count). The van der Waals surface area contributed by atoms with Gasteiger partial charge >= 0.3 is 0 Å². The molecule has 4 heterocycles. The van der Waals surface area contributed by atoms with E-state index in [2.05, 4.69) is 55.2 Å². The molecular formula is C28H29N7O3. The van der Waals surface area contributed by atoms with Crippen LogP contribution in [0, 0.1) is 0 Å². The molecule has 194 valence electrons. The van der Waals surface area contributed by atoms with Crippen molar-refractivity contribution in [3.63, 3.8) is 0 Å². The van der Waals surface area contributed by atoms with Gasteiger partial charge in [0.25, 0.3) is 0 Å². The zero-order valence-corrected chi connectivity index (χ0v) is 21.2. The second-order valence-corrected chi connectivity index (χ2v) is 9.04. The van der Waals surface area contributed by atoms with Crippen LogP contribution in [-0.4, -0.2) is 66.1 Å². The Morgan fingerprint density at radius 3 is 2.39 bits per heavy atom. The van der Waals surface area contributed by atoms with Crippen molar-refractivity contribution in [2.75, 3.05) is 62.0 Å². The molecule has 1 aliphatic rings. The lowest BCUT2D eigenvalue weighted by atomic mass is 10.1. The summed E-state index contributed by atoms with van der Waals surface area (Å²) in [6, 6.07) is 22.2. The monoisotopic (exact) mass is 511 g/mol.